The molecule has 0 atom stereocenters. The van der Waals surface area contributed by atoms with Gasteiger partial charge in [0.05, 0.1) is 19.2 Å². The van der Waals surface area contributed by atoms with Gasteiger partial charge in [-0.15, -0.1) is 0 Å². The molecule has 4 aromatic rings. The lowest BCUT2D eigenvalue weighted by Gasteiger charge is -2.16. The van der Waals surface area contributed by atoms with E-state index in [0.717, 1.165) is 5.56 Å². The van der Waals surface area contributed by atoms with Crippen molar-refractivity contribution in [1.82, 2.24) is 14.5 Å². The third-order valence-electron chi connectivity index (χ3n) is 5.64. The topological polar surface area (TPSA) is 128 Å². The summed E-state index contributed by atoms with van der Waals surface area (Å²) < 4.78 is 12.3. The van der Waals surface area contributed by atoms with Crippen molar-refractivity contribution < 1.29 is 19.4 Å². The molecule has 0 spiro atoms. The average Bonchev–Trinajstić information content (AvgIpc) is 2.88. The van der Waals surface area contributed by atoms with Crippen molar-refractivity contribution in [2.75, 3.05) is 31.9 Å². The summed E-state index contributed by atoms with van der Waals surface area (Å²) in [6, 6.07) is 12.0. The average molecular weight is 510 g/mol. The number of methoxy groups -OCH3 is 2. The number of hydrogen-bond donors (Lipinski definition) is 3. The molecule has 3 N–H and O–H groups in total. The van der Waals surface area contributed by atoms with Crippen LogP contribution < -0.4 is 25.7 Å². The molecule has 0 unspecified atom stereocenters. The highest BCUT2D eigenvalue weighted by Crippen LogP contribution is 2.38. The second-order valence-corrected chi connectivity index (χ2v) is 8.18. The van der Waals surface area contributed by atoms with E-state index in [2.05, 4.69) is 20.6 Å². The molecular formula is C25H24ClN5O5. The molecule has 36 heavy (non-hydrogen) atoms. The summed E-state index contributed by atoms with van der Waals surface area (Å²) in [6.45, 7) is 0.313. The first-order chi connectivity index (χ1) is 17.3. The normalized spacial score (nSPS) is 10.8. The van der Waals surface area contributed by atoms with E-state index in [-0.39, 0.29) is 10.6 Å². The minimum Gasteiger partial charge on any atom is -0.497 e. The van der Waals surface area contributed by atoms with Gasteiger partial charge >= 0.3 is 6.09 Å². The van der Waals surface area contributed by atoms with Gasteiger partial charge in [-0.05, 0) is 36.2 Å². The molecule has 2 aromatic heterocycles. The van der Waals surface area contributed by atoms with Gasteiger partial charge in [-0.1, -0.05) is 23.7 Å². The molecule has 0 saturated heterocycles. The summed E-state index contributed by atoms with van der Waals surface area (Å²) in [4.78, 5) is 33.5. The van der Waals surface area contributed by atoms with E-state index in [1.165, 1.54) is 14.2 Å². The minimum atomic E-state index is -1.13. The van der Waals surface area contributed by atoms with Crippen molar-refractivity contribution >= 4 is 40.4 Å². The van der Waals surface area contributed by atoms with Crippen LogP contribution in [0.1, 0.15) is 5.56 Å². The van der Waals surface area contributed by atoms with Crippen LogP contribution in [0.25, 0.3) is 22.2 Å². The van der Waals surface area contributed by atoms with Gasteiger partial charge in [0.15, 0.2) is 0 Å². The maximum Gasteiger partial charge on any atom is 0.409 e. The molecule has 2 heterocycles. The molecule has 0 aliphatic carbocycles. The third kappa shape index (κ3) is 5.03. The van der Waals surface area contributed by atoms with Crippen LogP contribution in [-0.4, -0.2) is 47.0 Å². The van der Waals surface area contributed by atoms with Crippen LogP contribution in [0.2, 0.25) is 5.02 Å². The fourth-order valence-corrected chi connectivity index (χ4v) is 4.12. The predicted octanol–water partition coefficient (Wildman–Crippen LogP) is 4.50. The highest BCUT2D eigenvalue weighted by molar-refractivity contribution is 6.35. The van der Waals surface area contributed by atoms with Crippen LogP contribution in [0, 0.1) is 0 Å². The summed E-state index contributed by atoms with van der Waals surface area (Å²) in [5.74, 6) is 1.26. The lowest BCUT2D eigenvalue weighted by atomic mass is 10.0. The number of pyridine rings is 1. The first-order valence-corrected chi connectivity index (χ1v) is 11.3. The number of aryl methyl sites for hydroxylation is 2. The Kier molecular flexibility index (Phi) is 7.25. The van der Waals surface area contributed by atoms with Crippen molar-refractivity contribution in [3.05, 3.63) is 69.6 Å². The Bertz CT molecular complexity index is 1490. The minimum absolute atomic E-state index is 0.287. The smallest absolute Gasteiger partial charge is 0.409 e. The standard InChI is InChI=1S/C25H24ClN5O5/c1-27-24-28-13-15-10-19(18-11-17(35-2)12-20(36-3)21(18)26)23(32)31(22(15)30-24)9-8-14-4-6-16(7-5-14)29-25(33)34/h4-7,10-13,29H,8-9H2,1-3H3,(H,33,34)(H,27,28,30). The summed E-state index contributed by atoms with van der Waals surface area (Å²) in [5, 5.41) is 15.0. The van der Waals surface area contributed by atoms with Gasteiger partial charge in [-0.25, -0.2) is 9.78 Å². The molecule has 0 aliphatic rings. The highest BCUT2D eigenvalue weighted by Gasteiger charge is 2.19. The van der Waals surface area contributed by atoms with Crippen LogP contribution >= 0.6 is 11.6 Å². The van der Waals surface area contributed by atoms with Gasteiger partial charge in [-0.3, -0.25) is 14.7 Å². The molecular weight excluding hydrogens is 486 g/mol. The number of hydrogen-bond acceptors (Lipinski definition) is 7. The zero-order valence-electron chi connectivity index (χ0n) is 19.8. The maximum atomic E-state index is 13.8. The van der Waals surface area contributed by atoms with E-state index < -0.39 is 6.09 Å². The molecule has 4 rings (SSSR count). The highest BCUT2D eigenvalue weighted by atomic mass is 35.5. The number of ether oxygens (including phenoxy) is 2. The second kappa shape index (κ2) is 10.5. The van der Waals surface area contributed by atoms with Crippen LogP contribution in [0.15, 0.2) is 53.5 Å². The van der Waals surface area contributed by atoms with Crippen LogP contribution in [0.5, 0.6) is 11.5 Å². The quantitative estimate of drug-likeness (QED) is 0.317. The van der Waals surface area contributed by atoms with Gasteiger partial charge in [0.25, 0.3) is 5.56 Å². The van der Waals surface area contributed by atoms with Crippen LogP contribution in [0.3, 0.4) is 0 Å². The van der Waals surface area contributed by atoms with Crippen LogP contribution in [0.4, 0.5) is 16.4 Å². The summed E-state index contributed by atoms with van der Waals surface area (Å²) >= 11 is 6.60. The molecule has 11 heteroatoms. The number of amides is 1. The Balaban J connectivity index is 1.82. The number of carboxylic acid groups (broad SMARTS) is 1. The first kappa shape index (κ1) is 24.8. The molecule has 0 saturated carbocycles. The number of halogens is 1. The van der Waals surface area contributed by atoms with Crippen LogP contribution in [-0.2, 0) is 13.0 Å². The number of anilines is 2. The van der Waals surface area contributed by atoms with Gasteiger partial charge in [-0.2, -0.15) is 4.98 Å². The van der Waals surface area contributed by atoms with Gasteiger partial charge in [0.2, 0.25) is 5.95 Å². The van der Waals surface area contributed by atoms with E-state index in [4.69, 9.17) is 26.2 Å². The Morgan fingerprint density at radius 1 is 1.11 bits per heavy atom. The van der Waals surface area contributed by atoms with Crippen molar-refractivity contribution in [1.29, 1.82) is 0 Å². The lowest BCUT2D eigenvalue weighted by Crippen LogP contribution is -2.24. The number of nitrogens with one attached hydrogen (secondary N) is 2. The van der Waals surface area contributed by atoms with Gasteiger partial charge < -0.3 is 19.9 Å². The monoisotopic (exact) mass is 509 g/mol. The molecule has 1 amide bonds. The van der Waals surface area contributed by atoms with E-state index in [0.29, 0.717) is 58.3 Å². The first-order valence-electron chi connectivity index (χ1n) is 10.9. The zero-order chi connectivity index (χ0) is 25.8. The SMILES string of the molecule is CNc1ncc2cc(-c3cc(OC)cc(OC)c3Cl)c(=O)n(CCc3ccc(NC(=O)O)cc3)c2n1. The summed E-state index contributed by atoms with van der Waals surface area (Å²) in [6.07, 6.45) is 1.01. The van der Waals surface area contributed by atoms with E-state index >= 15 is 0 Å². The van der Waals surface area contributed by atoms with Crippen molar-refractivity contribution in [3.63, 3.8) is 0 Å². The lowest BCUT2D eigenvalue weighted by molar-refractivity contribution is 0.209. The molecule has 2 aromatic carbocycles. The van der Waals surface area contributed by atoms with Gasteiger partial charge in [0, 0.05) is 48.1 Å². The van der Waals surface area contributed by atoms with Crippen molar-refractivity contribution in [2.24, 2.45) is 0 Å². The number of nitrogens with zero attached hydrogens (tertiary/aromatic N) is 3. The summed E-state index contributed by atoms with van der Waals surface area (Å²) in [7, 11) is 4.72. The van der Waals surface area contributed by atoms with Crippen molar-refractivity contribution in [2.45, 2.75) is 13.0 Å². The number of rotatable bonds is 8. The largest absolute Gasteiger partial charge is 0.497 e. The Morgan fingerprint density at radius 3 is 2.50 bits per heavy atom. The predicted molar refractivity (Wildman–Crippen MR) is 139 cm³/mol. The van der Waals surface area contributed by atoms with E-state index in [1.807, 2.05) is 0 Å². The maximum absolute atomic E-state index is 13.8. The van der Waals surface area contributed by atoms with E-state index in [9.17, 15) is 9.59 Å². The number of aromatic nitrogens is 3. The molecule has 0 bridgehead atoms. The Labute approximate surface area is 211 Å². The number of fused-ring (bicyclic) bond motifs is 1. The molecule has 0 aliphatic heterocycles. The Hall–Kier alpha value is -4.31. The third-order valence-corrected chi connectivity index (χ3v) is 6.03. The Morgan fingerprint density at radius 2 is 1.86 bits per heavy atom. The van der Waals surface area contributed by atoms with E-state index in [1.54, 1.807) is 60.3 Å². The molecule has 10 nitrogen and oxygen atoms in total. The second-order valence-electron chi connectivity index (χ2n) is 7.81. The molecule has 186 valence electrons. The molecule has 0 radical (unpaired) electrons. The van der Waals surface area contributed by atoms with Crippen molar-refractivity contribution in [3.8, 4) is 22.6 Å². The fourth-order valence-electron chi connectivity index (χ4n) is 3.83. The number of benzene rings is 2. The fraction of sp³-hybridized carbons (Fsp3) is 0.200. The number of carbonyl (C=O) groups is 1. The van der Waals surface area contributed by atoms with Gasteiger partial charge in [0.1, 0.15) is 17.1 Å². The molecule has 0 fully saturated rings. The summed E-state index contributed by atoms with van der Waals surface area (Å²) in [5.41, 5.74) is 2.38. The zero-order valence-corrected chi connectivity index (χ0v) is 20.6.